The van der Waals surface area contributed by atoms with E-state index < -0.39 is 60.6 Å². The van der Waals surface area contributed by atoms with Crippen LogP contribution in [0, 0.1) is 66.3 Å². The molecule has 2 fully saturated rings. The fraction of sp³-hybridized carbons (Fsp3) is 0.236. The van der Waals surface area contributed by atoms with Gasteiger partial charge in [0, 0.05) is 83.0 Å². The molecule has 2 saturated heterocycles. The Balaban J connectivity index is 0.000000193. The highest BCUT2D eigenvalue weighted by molar-refractivity contribution is 9.11. The zero-order valence-electron chi connectivity index (χ0n) is 71.5. The van der Waals surface area contributed by atoms with Gasteiger partial charge in [0.05, 0.1) is 95.3 Å². The minimum atomic E-state index is -1.70. The summed E-state index contributed by atoms with van der Waals surface area (Å²) in [4.78, 5) is 36.9. The number of nitrogens with one attached hydrogen (secondary N) is 4. The quantitative estimate of drug-likeness (QED) is 0.0217. The number of aromatic amines is 4. The highest BCUT2D eigenvalue weighted by Gasteiger charge is 2.33. The van der Waals surface area contributed by atoms with Crippen LogP contribution < -0.4 is 34.6 Å². The molecule has 8 aromatic carbocycles. The Bertz CT molecular complexity index is 6090. The molecule has 15 rings (SSSR count). The van der Waals surface area contributed by atoms with Crippen molar-refractivity contribution in [3.63, 3.8) is 0 Å². The number of methoxy groups -OCH3 is 5. The Hall–Kier alpha value is -13.3. The lowest BCUT2D eigenvalue weighted by atomic mass is 9.80. The highest BCUT2D eigenvalue weighted by Crippen LogP contribution is 2.39. The first-order valence-corrected chi connectivity index (χ1v) is 41.3. The summed E-state index contributed by atoms with van der Waals surface area (Å²) in [5.74, 6) is -3.61. The van der Waals surface area contributed by atoms with Crippen molar-refractivity contribution in [2.75, 3.05) is 61.7 Å². The number of nitrogens with zero attached hydrogens (tertiary/aromatic N) is 11. The molecule has 0 radical (unpaired) electrons. The van der Waals surface area contributed by atoms with Gasteiger partial charge in [0.2, 0.25) is 17.1 Å². The molecule has 41 heteroatoms. The summed E-state index contributed by atoms with van der Waals surface area (Å²) in [6.07, 6.45) is 9.31. The summed E-state index contributed by atoms with van der Waals surface area (Å²) in [6.45, 7) is 34.1. The van der Waals surface area contributed by atoms with Gasteiger partial charge >= 0.3 is 26.4 Å². The summed E-state index contributed by atoms with van der Waals surface area (Å²) in [5, 5.41) is 65.5. The van der Waals surface area contributed by atoms with Crippen LogP contribution in [0.4, 0.5) is 61.8 Å². The van der Waals surface area contributed by atoms with E-state index in [1.54, 1.807) is 93.9 Å². The lowest BCUT2D eigenvalue weighted by Crippen LogP contribution is -2.35. The van der Waals surface area contributed by atoms with E-state index in [1.165, 1.54) is 127 Å². The SMILES string of the molecule is Brc1ccn[nH]1.CC(C)(C)OC(=O)N1CCC(Br)C1.COc1ccc(-c2[nH]ncc2Br)cc1F.COc1ccc(-c2ccn[nH]2)cc1F.COc1ccc(B(O)O)cc1F.[C-]#[N+]c1ccc(-c2cn(C3CCN(C(=O)OC(C)(C)C)C3)nc2-c2ccc(OC)c(F)c2)cc1F.[C-]#[N+]c1ccc(-c2cn[nH]c2-c2ccc(OC)c(F)c2)cc1F.[C-]#[N+]c1ccc(B(O)O)cc1F. The topological polar surface area (TPSA) is 332 Å². The number of halogens is 11. The number of rotatable bonds is 14. The standard InChI is InChI=1S/C26H26F2N4O3.C17H11F2N3O.C10H8BrFN2O.C10H9FN2O.C9H16BrNO2.C7H5BFNO2.C7H8BFO3.C3H3BrN2/c1-26(2,3)35-25(33)31-11-10-18(14-31)32-15-19(16-6-8-22(29-4)20(27)12-16)24(30-32)17-7-9-23(34-5)21(28)13-17;1-20-15-5-3-10(7-13(15)18)12-9-21-22-17(12)11-4-6-16(23-2)14(19)8-11;1-15-9-3-2-6(4-8(9)12)10-7(11)5-13-14-10;1-14-10-3-2-7(6-8(10)11)9-4-5-12-13-9;1-9(2,3)13-8(12)11-5-4-7(10)6-11;1-10-7-3-2-5(8(11)12)4-6(7)9;1-12-7-3-2-5(8(10)11)4-6(7)9;4-3-1-2-5-6-3/h6-9,12-13,15,18H,10-11,14H2,1-3,5H3;3-9H,2H3,(H,21,22);2-5H,1H3,(H,13,14);2-6H,1H3,(H,12,13);7H,4-6H2,1-3H3;2-4,11-12H;2-4,10-11H,1H3;1-2H,(H,5,6). The van der Waals surface area contributed by atoms with E-state index in [0.717, 1.165) is 63.2 Å². The minimum Gasteiger partial charge on any atom is -0.494 e. The molecule has 2 aliphatic rings. The fourth-order valence-corrected chi connectivity index (χ4v) is 13.2. The number of likely N-dealkylation sites (tertiary alicyclic amines) is 2. The number of hydrogen-bond donors (Lipinski definition) is 8. The third kappa shape index (κ3) is 29.4. The van der Waals surface area contributed by atoms with Gasteiger partial charge in [-0.15, -0.1) is 0 Å². The Morgan fingerprint density at radius 1 is 0.446 bits per heavy atom. The largest absolute Gasteiger partial charge is 0.494 e. The van der Waals surface area contributed by atoms with Crippen LogP contribution in [0.1, 0.15) is 60.4 Å². The van der Waals surface area contributed by atoms with Crippen LogP contribution >= 0.6 is 47.8 Å². The summed E-state index contributed by atoms with van der Waals surface area (Å²) in [6, 6.07) is 37.8. The normalized spacial score (nSPS) is 12.8. The van der Waals surface area contributed by atoms with Gasteiger partial charge in [0.15, 0.2) is 57.8 Å². The first kappa shape index (κ1) is 102. The molecule has 8 N–H and O–H groups in total. The maximum atomic E-state index is 14.5. The lowest BCUT2D eigenvalue weighted by Gasteiger charge is -2.24. The van der Waals surface area contributed by atoms with Crippen molar-refractivity contribution >= 4 is 102 Å². The van der Waals surface area contributed by atoms with Crippen LogP contribution in [0.3, 0.4) is 0 Å². The van der Waals surface area contributed by atoms with E-state index in [2.05, 4.69) is 108 Å². The Morgan fingerprint density at radius 3 is 1.23 bits per heavy atom. The second kappa shape index (κ2) is 48.2. The van der Waals surface area contributed by atoms with Crippen molar-refractivity contribution in [1.29, 1.82) is 0 Å². The molecule has 2 amide bonds. The molecular formula is C89H86B2Br3F8N15O13. The van der Waals surface area contributed by atoms with Crippen LogP contribution in [-0.2, 0) is 9.47 Å². The maximum absolute atomic E-state index is 14.5. The number of ether oxygens (including phenoxy) is 7. The Labute approximate surface area is 768 Å². The van der Waals surface area contributed by atoms with Gasteiger partial charge in [0.1, 0.15) is 39.0 Å². The number of amides is 2. The number of carbonyl (C=O) groups is 2. The zero-order valence-corrected chi connectivity index (χ0v) is 76.2. The second-order valence-corrected chi connectivity index (χ2v) is 32.6. The smallest absolute Gasteiger partial charge is 0.488 e. The molecule has 5 aromatic heterocycles. The molecule has 2 unspecified atom stereocenters. The third-order valence-corrected chi connectivity index (χ3v) is 20.1. The number of alkyl halides is 1. The van der Waals surface area contributed by atoms with E-state index >= 15 is 0 Å². The van der Waals surface area contributed by atoms with E-state index in [0.29, 0.717) is 69.1 Å². The molecule has 2 aliphatic heterocycles. The zero-order chi connectivity index (χ0) is 95.3. The van der Waals surface area contributed by atoms with Crippen LogP contribution in [-0.4, -0.2) is 185 Å². The molecule has 0 spiro atoms. The third-order valence-electron chi connectivity index (χ3n) is 18.3. The number of H-pyrrole nitrogens is 4. The summed E-state index contributed by atoms with van der Waals surface area (Å²) >= 11 is 9.96. The van der Waals surface area contributed by atoms with E-state index in [-0.39, 0.29) is 86.4 Å². The van der Waals surface area contributed by atoms with Gasteiger partial charge in [-0.3, -0.25) is 25.1 Å². The summed E-state index contributed by atoms with van der Waals surface area (Å²) < 4.78 is 147. The number of carbonyl (C=O) groups excluding carboxylic acids is 2. The van der Waals surface area contributed by atoms with Crippen molar-refractivity contribution in [2.45, 2.75) is 76.5 Å². The molecule has 0 bridgehead atoms. The van der Waals surface area contributed by atoms with Crippen molar-refractivity contribution < 1.29 is 98.0 Å². The van der Waals surface area contributed by atoms with Crippen molar-refractivity contribution in [2.24, 2.45) is 0 Å². The van der Waals surface area contributed by atoms with Gasteiger partial charge in [-0.1, -0.05) is 58.4 Å². The highest BCUT2D eigenvalue weighted by atomic mass is 79.9. The van der Waals surface area contributed by atoms with Gasteiger partial charge in [-0.2, -0.15) is 25.5 Å². The second-order valence-electron chi connectivity index (χ2n) is 29.6. The minimum absolute atomic E-state index is 0.0416. The molecule has 28 nitrogen and oxygen atoms in total. The number of benzene rings is 8. The Kier molecular flexibility index (Phi) is 37.8. The summed E-state index contributed by atoms with van der Waals surface area (Å²) in [5.41, 5.74) is 6.24. The number of aromatic nitrogens is 10. The summed E-state index contributed by atoms with van der Waals surface area (Å²) in [7, 11) is 3.65. The lowest BCUT2D eigenvalue weighted by molar-refractivity contribution is 0.0281. The van der Waals surface area contributed by atoms with Gasteiger partial charge in [0.25, 0.3) is 0 Å². The predicted octanol–water partition coefficient (Wildman–Crippen LogP) is 19.2. The van der Waals surface area contributed by atoms with E-state index in [4.69, 9.17) is 73.3 Å². The van der Waals surface area contributed by atoms with E-state index in [9.17, 15) is 44.7 Å². The van der Waals surface area contributed by atoms with Gasteiger partial charge in [-0.25, -0.2) is 59.2 Å². The molecule has 7 heterocycles. The number of hydrogen-bond acceptors (Lipinski definition) is 18. The van der Waals surface area contributed by atoms with Crippen LogP contribution in [0.5, 0.6) is 28.7 Å². The molecule has 0 saturated carbocycles. The first-order valence-electron chi connectivity index (χ1n) is 38.8. The van der Waals surface area contributed by atoms with Gasteiger partial charge < -0.3 is 63.1 Å². The van der Waals surface area contributed by atoms with Gasteiger partial charge in [-0.05, 0) is 224 Å². The Morgan fingerprint density at radius 2 is 0.831 bits per heavy atom. The van der Waals surface area contributed by atoms with Crippen molar-refractivity contribution in [1.82, 2.24) is 60.4 Å². The molecule has 2 atom stereocenters. The van der Waals surface area contributed by atoms with Crippen molar-refractivity contribution in [3.05, 3.63) is 279 Å². The van der Waals surface area contributed by atoms with Crippen LogP contribution in [0.2, 0.25) is 0 Å². The average molecular weight is 1990 g/mol. The molecular weight excluding hydrogens is 1900 g/mol. The monoisotopic (exact) mass is 1980 g/mol. The molecule has 678 valence electrons. The predicted molar refractivity (Wildman–Crippen MR) is 485 cm³/mol. The molecule has 13 aromatic rings. The van der Waals surface area contributed by atoms with Crippen LogP contribution in [0.15, 0.2) is 198 Å². The molecule has 130 heavy (non-hydrogen) atoms. The fourth-order valence-electron chi connectivity index (χ4n) is 12.0. The molecule has 0 aliphatic carbocycles. The van der Waals surface area contributed by atoms with E-state index in [1.807, 2.05) is 47.6 Å². The first-order chi connectivity index (χ1) is 61.8. The van der Waals surface area contributed by atoms with Crippen LogP contribution in [0.25, 0.3) is 81.8 Å². The van der Waals surface area contributed by atoms with Crippen molar-refractivity contribution in [3.8, 4) is 96.0 Å². The average Bonchev–Trinajstić information content (AvgIpc) is 1.63. The maximum Gasteiger partial charge on any atom is 0.488 e.